The van der Waals surface area contributed by atoms with Gasteiger partial charge < -0.3 is 42.0 Å². The Bertz CT molecular complexity index is 2000. The van der Waals surface area contributed by atoms with E-state index in [2.05, 4.69) is 15.3 Å². The molecule has 23 heteroatoms. The molecule has 0 saturated heterocycles. The molecule has 0 unspecified atom stereocenters. The van der Waals surface area contributed by atoms with Crippen LogP contribution in [0.15, 0.2) is 42.7 Å². The fourth-order valence-corrected chi connectivity index (χ4v) is 5.11. The molecule has 0 fully saturated rings. The van der Waals surface area contributed by atoms with E-state index in [1.807, 2.05) is 45.0 Å². The van der Waals surface area contributed by atoms with Crippen molar-refractivity contribution >= 4 is 57.9 Å². The quantitative estimate of drug-likeness (QED) is 0.0723. The number of hydrogen-bond donors (Lipinski definition) is 5. The van der Waals surface area contributed by atoms with E-state index >= 15 is 0 Å². The zero-order valence-corrected chi connectivity index (χ0v) is 30.4. The molecule has 0 spiro atoms. The Labute approximate surface area is 319 Å². The standard InChI is InChI=1S/C29H35ClN8O4.2C2HF3O2/c1-3-37-23-14-19(13-20(40)7-4-5-11-36-12-6-8-21(41)17-36)9-10-22(23)38(16-18(2)39)24(37)15-33-29(42)25-27(31)35-28(32)26(30)34-25;2*3-2(4,5)1(6)7/h6,8-10,12,14,17-18,39H,3-5,7,11,13,15-16H2,1-2H3,(H4-2,31,32,33,35,41,42);2*(H,6,7)/t18-;;/m0../s1. The zero-order valence-electron chi connectivity index (χ0n) is 29.7. The molecule has 0 saturated carbocycles. The summed E-state index contributed by atoms with van der Waals surface area (Å²) in [5.74, 6) is -5.68. The number of nitrogens with two attached hydrogens (primary N) is 2. The number of halogens is 7. The van der Waals surface area contributed by atoms with E-state index in [-0.39, 0.29) is 40.6 Å². The number of ketones is 1. The van der Waals surface area contributed by atoms with Crippen molar-refractivity contribution in [3.8, 4) is 5.75 Å². The van der Waals surface area contributed by atoms with Crippen molar-refractivity contribution in [2.24, 2.45) is 0 Å². The summed E-state index contributed by atoms with van der Waals surface area (Å²) < 4.78 is 69.1. The van der Waals surface area contributed by atoms with Crippen LogP contribution in [0.1, 0.15) is 55.0 Å². The molecule has 4 aromatic rings. The lowest BCUT2D eigenvalue weighted by Gasteiger charge is -2.09. The lowest BCUT2D eigenvalue weighted by molar-refractivity contribution is -0.699. The molecule has 3 heterocycles. The van der Waals surface area contributed by atoms with Gasteiger partial charge in [0, 0.05) is 25.3 Å². The minimum atomic E-state index is -5.19. The van der Waals surface area contributed by atoms with Gasteiger partial charge in [0.05, 0.1) is 12.6 Å². The molecule has 0 aliphatic heterocycles. The molecule has 16 nitrogen and oxygen atoms in total. The number of carbonyl (C=O) groups is 4. The third-order valence-corrected chi connectivity index (χ3v) is 7.64. The summed E-state index contributed by atoms with van der Waals surface area (Å²) in [5, 5.41) is 40.3. The van der Waals surface area contributed by atoms with Gasteiger partial charge in [-0.3, -0.25) is 9.59 Å². The Balaban J connectivity index is 0.000000657. The number of rotatable bonds is 13. The number of aliphatic carboxylic acids is 2. The Morgan fingerprint density at radius 2 is 1.66 bits per heavy atom. The highest BCUT2D eigenvalue weighted by Gasteiger charge is 2.38. The van der Waals surface area contributed by atoms with E-state index in [9.17, 15) is 46.1 Å². The number of anilines is 2. The SMILES string of the molecule is CCn1c(CNC(=O)c2nc(Cl)c(N)nc2N)[n+](C[C@H](C)O)c2ccc(CC(=O)CCCC[n+]3cccc([O-])c3)cc21.O=C(O)C(F)(F)F.O=C([O-])C(F)(F)F. The molecular weight excluding hydrogens is 786 g/mol. The molecule has 0 aliphatic carbocycles. The van der Waals surface area contributed by atoms with Gasteiger partial charge in [-0.25, -0.2) is 28.5 Å². The second kappa shape index (κ2) is 20.2. The van der Waals surface area contributed by atoms with Crippen LogP contribution in [0.4, 0.5) is 38.0 Å². The molecule has 56 heavy (non-hydrogen) atoms. The van der Waals surface area contributed by atoms with Crippen LogP contribution in [0.25, 0.3) is 11.0 Å². The lowest BCUT2D eigenvalue weighted by atomic mass is 10.0. The van der Waals surface area contributed by atoms with Crippen LogP contribution in [0.5, 0.6) is 5.75 Å². The molecule has 3 aromatic heterocycles. The second-order valence-electron chi connectivity index (χ2n) is 11.8. The largest absolute Gasteiger partial charge is 0.868 e. The summed E-state index contributed by atoms with van der Waals surface area (Å²) in [4.78, 5) is 51.2. The molecule has 0 aliphatic rings. The number of aryl methyl sites for hydroxylation is 2. The van der Waals surface area contributed by atoms with Gasteiger partial charge in [0.2, 0.25) is 0 Å². The Morgan fingerprint density at radius 3 is 2.20 bits per heavy atom. The number of aromatic nitrogens is 5. The first kappa shape index (κ1) is 46.4. The number of carbonyl (C=O) groups excluding carboxylic acids is 3. The summed E-state index contributed by atoms with van der Waals surface area (Å²) in [6.45, 7) is 5.37. The number of fused-ring (bicyclic) bond motifs is 1. The van der Waals surface area contributed by atoms with Gasteiger partial charge in [-0.1, -0.05) is 23.7 Å². The number of imidazole rings is 1. The molecule has 306 valence electrons. The van der Waals surface area contributed by atoms with Crippen molar-refractivity contribution in [3.63, 3.8) is 0 Å². The van der Waals surface area contributed by atoms with E-state index in [4.69, 9.17) is 42.9 Å². The number of alkyl halides is 6. The van der Waals surface area contributed by atoms with Gasteiger partial charge in [-0.15, -0.1) is 0 Å². The number of amides is 1. The fraction of sp³-hybridized carbons (Fsp3) is 0.394. The number of benzene rings is 1. The number of Topliss-reactive ketones (excluding diaryl/α,β-unsaturated/α-hetero) is 1. The summed E-state index contributed by atoms with van der Waals surface area (Å²) in [5.41, 5.74) is 14.0. The van der Waals surface area contributed by atoms with Crippen LogP contribution in [0, 0.1) is 0 Å². The van der Waals surface area contributed by atoms with Crippen LogP contribution in [-0.4, -0.2) is 66.8 Å². The molecular formula is C33H37ClF6N8O8. The van der Waals surface area contributed by atoms with Crippen molar-refractivity contribution < 1.29 is 75.1 Å². The van der Waals surface area contributed by atoms with E-state index in [0.29, 0.717) is 32.5 Å². The number of nitrogens with one attached hydrogen (secondary N) is 1. The van der Waals surface area contributed by atoms with Crippen molar-refractivity contribution in [3.05, 3.63) is 65.0 Å². The van der Waals surface area contributed by atoms with Gasteiger partial charge in [0.15, 0.2) is 45.9 Å². The number of nitrogens with zero attached hydrogens (tertiary/aromatic N) is 5. The Hall–Kier alpha value is -5.77. The van der Waals surface area contributed by atoms with Crippen molar-refractivity contribution in [2.75, 3.05) is 11.5 Å². The molecule has 0 bridgehead atoms. The van der Waals surface area contributed by atoms with Crippen LogP contribution in [-0.2, 0) is 47.0 Å². The fourth-order valence-electron chi connectivity index (χ4n) is 4.98. The average molecular weight is 823 g/mol. The number of carboxylic acids is 2. The van der Waals surface area contributed by atoms with Gasteiger partial charge in [0.1, 0.15) is 31.4 Å². The van der Waals surface area contributed by atoms with Gasteiger partial charge >= 0.3 is 18.3 Å². The highest BCUT2D eigenvalue weighted by Crippen LogP contribution is 2.21. The van der Waals surface area contributed by atoms with Crippen molar-refractivity contribution in [1.29, 1.82) is 0 Å². The Morgan fingerprint density at radius 1 is 1.04 bits per heavy atom. The lowest BCUT2D eigenvalue weighted by Crippen LogP contribution is -2.44. The molecule has 4 rings (SSSR count). The minimum Gasteiger partial charge on any atom is -0.868 e. The van der Waals surface area contributed by atoms with Crippen molar-refractivity contribution in [2.45, 2.75) is 84.2 Å². The molecule has 0 radical (unpaired) electrons. The smallest absolute Gasteiger partial charge is 0.490 e. The average Bonchev–Trinajstić information content (AvgIpc) is 3.37. The third-order valence-electron chi connectivity index (χ3n) is 7.36. The zero-order chi connectivity index (χ0) is 42.5. The number of aliphatic hydroxyl groups excluding tert-OH is 1. The summed E-state index contributed by atoms with van der Waals surface area (Å²) in [6, 6.07) is 9.08. The van der Waals surface area contributed by atoms with Gasteiger partial charge in [-0.2, -0.15) is 26.3 Å². The molecule has 1 amide bonds. The molecule has 1 atom stereocenters. The van der Waals surface area contributed by atoms with Crippen LogP contribution >= 0.6 is 11.6 Å². The molecule has 1 aromatic carbocycles. The second-order valence-corrected chi connectivity index (χ2v) is 12.2. The first-order chi connectivity index (χ1) is 26.0. The molecule has 7 N–H and O–H groups in total. The highest BCUT2D eigenvalue weighted by atomic mass is 35.5. The maximum atomic E-state index is 12.9. The predicted octanol–water partition coefficient (Wildman–Crippen LogP) is 1.14. The minimum absolute atomic E-state index is 0.0353. The monoisotopic (exact) mass is 822 g/mol. The predicted molar refractivity (Wildman–Crippen MR) is 180 cm³/mol. The third kappa shape index (κ3) is 14.1. The van der Waals surface area contributed by atoms with Crippen LogP contribution < -0.4 is 36.1 Å². The maximum absolute atomic E-state index is 12.9. The number of nitrogen functional groups attached to an aromatic ring is 2. The number of carboxylic acid groups (broad SMARTS) is 2. The summed E-state index contributed by atoms with van der Waals surface area (Å²) in [7, 11) is 0. The van der Waals surface area contributed by atoms with Crippen LogP contribution in [0.3, 0.4) is 0 Å². The summed E-state index contributed by atoms with van der Waals surface area (Å²) in [6.07, 6.45) is -5.24. The normalized spacial score (nSPS) is 11.8. The maximum Gasteiger partial charge on any atom is 0.490 e. The summed E-state index contributed by atoms with van der Waals surface area (Å²) >= 11 is 5.94. The van der Waals surface area contributed by atoms with Crippen LogP contribution in [0.2, 0.25) is 5.15 Å². The van der Waals surface area contributed by atoms with E-state index in [1.165, 1.54) is 6.07 Å². The van der Waals surface area contributed by atoms with E-state index in [0.717, 1.165) is 35.3 Å². The number of aliphatic hydroxyl groups is 1. The number of hydrogen-bond acceptors (Lipinski definition) is 11. The number of pyridine rings is 1. The van der Waals surface area contributed by atoms with E-state index < -0.39 is 36.3 Å². The first-order valence-electron chi connectivity index (χ1n) is 16.3. The van der Waals surface area contributed by atoms with E-state index in [1.54, 1.807) is 19.2 Å². The topological polar surface area (TPSA) is 257 Å². The number of unbranched alkanes of at least 4 members (excludes halogenated alkanes) is 1. The first-order valence-corrected chi connectivity index (χ1v) is 16.7. The highest BCUT2D eigenvalue weighted by molar-refractivity contribution is 6.31. The Kier molecular flexibility index (Phi) is 16.8. The van der Waals surface area contributed by atoms with Crippen molar-refractivity contribution in [1.82, 2.24) is 19.9 Å². The van der Waals surface area contributed by atoms with Gasteiger partial charge in [0.25, 0.3) is 11.7 Å². The van der Waals surface area contributed by atoms with Gasteiger partial charge in [-0.05, 0) is 43.7 Å².